The summed E-state index contributed by atoms with van der Waals surface area (Å²) in [7, 11) is 0. The molecular weight excluding hydrogens is 436 g/mol. The Morgan fingerprint density at radius 3 is 2.14 bits per heavy atom. The van der Waals surface area contributed by atoms with Crippen LogP contribution in [-0.4, -0.2) is 24.5 Å². The van der Waals surface area contributed by atoms with Gasteiger partial charge in [0.1, 0.15) is 11.5 Å². The van der Waals surface area contributed by atoms with E-state index in [1.54, 1.807) is 6.92 Å². The summed E-state index contributed by atoms with van der Waals surface area (Å²) in [5, 5.41) is 0. The van der Waals surface area contributed by atoms with Crippen molar-refractivity contribution in [2.45, 2.75) is 46.6 Å². The molecule has 0 fully saturated rings. The average Bonchev–Trinajstić information content (AvgIpc) is 2.67. The molecule has 1 unspecified atom stereocenters. The Balaban J connectivity index is 1.80. The topological polar surface area (TPSA) is 76.7 Å². The van der Waals surface area contributed by atoms with Crippen LogP contribution in [0.2, 0.25) is 0 Å². The van der Waals surface area contributed by atoms with Gasteiger partial charge >= 0.3 is 0 Å². The quantitative estimate of drug-likeness (QED) is 0.604. The second-order valence-corrected chi connectivity index (χ2v) is 8.09. The molecule has 2 rings (SSSR count). The van der Waals surface area contributed by atoms with Crippen LogP contribution in [0, 0.1) is 13.8 Å². The number of hydrazine groups is 1. The minimum Gasteiger partial charge on any atom is -0.484 e. The summed E-state index contributed by atoms with van der Waals surface area (Å²) in [5.74, 6) is 0.747. The summed E-state index contributed by atoms with van der Waals surface area (Å²) >= 11 is 3.43. The highest BCUT2D eigenvalue weighted by atomic mass is 79.9. The minimum absolute atomic E-state index is 0.207. The van der Waals surface area contributed by atoms with Crippen molar-refractivity contribution in [1.29, 1.82) is 0 Å². The van der Waals surface area contributed by atoms with Crippen LogP contribution in [0.1, 0.15) is 43.4 Å². The molecule has 0 heterocycles. The van der Waals surface area contributed by atoms with Gasteiger partial charge in [-0.3, -0.25) is 20.4 Å². The van der Waals surface area contributed by atoms with Crippen LogP contribution in [-0.2, 0) is 9.59 Å². The lowest BCUT2D eigenvalue weighted by Crippen LogP contribution is -2.48. The Kier molecular flexibility index (Phi) is 8.08. The molecule has 0 saturated heterocycles. The Morgan fingerprint density at radius 1 is 1.00 bits per heavy atom. The van der Waals surface area contributed by atoms with Crippen molar-refractivity contribution in [3.05, 3.63) is 57.6 Å². The normalized spacial score (nSPS) is 11.7. The van der Waals surface area contributed by atoms with Gasteiger partial charge in [0.15, 0.2) is 12.7 Å². The van der Waals surface area contributed by atoms with E-state index in [0.717, 1.165) is 15.6 Å². The molecule has 2 N–H and O–H groups in total. The number of benzene rings is 2. The summed E-state index contributed by atoms with van der Waals surface area (Å²) < 4.78 is 12.2. The third-order valence-corrected chi connectivity index (χ3v) is 4.79. The number of nitrogens with one attached hydrogen (secondary N) is 2. The molecule has 2 aromatic rings. The minimum atomic E-state index is -0.779. The summed E-state index contributed by atoms with van der Waals surface area (Å²) in [6.45, 7) is 9.44. The molecule has 0 aliphatic rings. The lowest BCUT2D eigenvalue weighted by Gasteiger charge is -2.18. The largest absolute Gasteiger partial charge is 0.484 e. The Bertz CT molecular complexity index is 843. The SMILES string of the molecule is Cc1cc(Br)cc(C)c1OC(C)C(=O)NNC(=O)COc1ccc(C(C)C)cc1. The smallest absolute Gasteiger partial charge is 0.279 e. The summed E-state index contributed by atoms with van der Waals surface area (Å²) in [5.41, 5.74) is 7.72. The fourth-order valence-electron chi connectivity index (χ4n) is 2.68. The van der Waals surface area contributed by atoms with Crippen molar-refractivity contribution in [1.82, 2.24) is 10.9 Å². The van der Waals surface area contributed by atoms with Crippen LogP contribution >= 0.6 is 15.9 Å². The highest BCUT2D eigenvalue weighted by Gasteiger charge is 2.18. The summed E-state index contributed by atoms with van der Waals surface area (Å²) in [4.78, 5) is 24.1. The number of hydrogen-bond donors (Lipinski definition) is 2. The Labute approximate surface area is 180 Å². The van der Waals surface area contributed by atoms with Gasteiger partial charge in [0.2, 0.25) is 0 Å². The second kappa shape index (κ2) is 10.3. The van der Waals surface area contributed by atoms with Crippen molar-refractivity contribution >= 4 is 27.7 Å². The maximum absolute atomic E-state index is 12.2. The molecule has 0 bridgehead atoms. The number of rotatable bonds is 7. The fraction of sp³-hybridized carbons (Fsp3) is 0.364. The van der Waals surface area contributed by atoms with Crippen molar-refractivity contribution in [3.63, 3.8) is 0 Å². The summed E-state index contributed by atoms with van der Waals surface area (Å²) in [6, 6.07) is 11.4. The third kappa shape index (κ3) is 6.78. The highest BCUT2D eigenvalue weighted by molar-refractivity contribution is 9.10. The lowest BCUT2D eigenvalue weighted by molar-refractivity contribution is -0.133. The number of amides is 2. The van der Waals surface area contributed by atoms with Crippen molar-refractivity contribution in [2.24, 2.45) is 0 Å². The highest BCUT2D eigenvalue weighted by Crippen LogP contribution is 2.28. The van der Waals surface area contributed by atoms with Gasteiger partial charge < -0.3 is 9.47 Å². The molecule has 6 nitrogen and oxygen atoms in total. The first-order valence-corrected chi connectivity index (χ1v) is 10.2. The molecule has 7 heteroatoms. The molecule has 0 spiro atoms. The van der Waals surface area contributed by atoms with Gasteiger partial charge in [-0.1, -0.05) is 41.9 Å². The first-order valence-electron chi connectivity index (χ1n) is 9.42. The zero-order valence-electron chi connectivity index (χ0n) is 17.3. The van der Waals surface area contributed by atoms with Crippen molar-refractivity contribution in [3.8, 4) is 11.5 Å². The number of halogens is 1. The van der Waals surface area contributed by atoms with E-state index in [0.29, 0.717) is 17.4 Å². The Hall–Kier alpha value is -2.54. The lowest BCUT2D eigenvalue weighted by atomic mass is 10.0. The maximum atomic E-state index is 12.2. The predicted octanol–water partition coefficient (Wildman–Crippen LogP) is 4.18. The molecule has 0 saturated carbocycles. The number of hydrogen-bond acceptors (Lipinski definition) is 4. The molecule has 0 aliphatic carbocycles. The molecule has 0 aliphatic heterocycles. The van der Waals surface area contributed by atoms with Gasteiger partial charge in [0.25, 0.3) is 11.8 Å². The van der Waals surface area contributed by atoms with E-state index in [9.17, 15) is 9.59 Å². The number of carbonyl (C=O) groups excluding carboxylic acids is 2. The van der Waals surface area contributed by atoms with Crippen molar-refractivity contribution in [2.75, 3.05) is 6.61 Å². The van der Waals surface area contributed by atoms with Gasteiger partial charge in [0.05, 0.1) is 0 Å². The number of aryl methyl sites for hydroxylation is 2. The fourth-order valence-corrected chi connectivity index (χ4v) is 3.37. The van der Waals surface area contributed by atoms with Gasteiger partial charge in [-0.05, 0) is 67.6 Å². The molecule has 1 atom stereocenters. The maximum Gasteiger partial charge on any atom is 0.279 e. The van der Waals surface area contributed by atoms with Crippen LogP contribution in [0.5, 0.6) is 11.5 Å². The first-order chi connectivity index (χ1) is 13.7. The van der Waals surface area contributed by atoms with E-state index in [1.165, 1.54) is 5.56 Å². The molecule has 2 amide bonds. The van der Waals surface area contributed by atoms with E-state index >= 15 is 0 Å². The van der Waals surface area contributed by atoms with E-state index < -0.39 is 17.9 Å². The van der Waals surface area contributed by atoms with Crippen molar-refractivity contribution < 1.29 is 19.1 Å². The zero-order chi connectivity index (χ0) is 21.6. The van der Waals surface area contributed by atoms with Crippen LogP contribution < -0.4 is 20.3 Å². The molecule has 29 heavy (non-hydrogen) atoms. The van der Waals surface area contributed by atoms with Gasteiger partial charge in [-0.15, -0.1) is 0 Å². The summed E-state index contributed by atoms with van der Waals surface area (Å²) in [6.07, 6.45) is -0.779. The molecule has 0 radical (unpaired) electrons. The van der Waals surface area contributed by atoms with E-state index in [4.69, 9.17) is 9.47 Å². The van der Waals surface area contributed by atoms with Crippen LogP contribution in [0.3, 0.4) is 0 Å². The standard InChI is InChI=1S/C22H27BrN2O4/c1-13(2)17-6-8-19(9-7-17)28-12-20(26)24-25-22(27)16(5)29-21-14(3)10-18(23)11-15(21)4/h6-11,13,16H,12H2,1-5H3,(H,24,26)(H,25,27). The Morgan fingerprint density at radius 2 is 1.59 bits per heavy atom. The molecule has 2 aromatic carbocycles. The average molecular weight is 463 g/mol. The molecule has 0 aromatic heterocycles. The van der Waals surface area contributed by atoms with Crippen LogP contribution in [0.25, 0.3) is 0 Å². The van der Waals surface area contributed by atoms with Crippen LogP contribution in [0.4, 0.5) is 0 Å². The number of ether oxygens (including phenoxy) is 2. The first kappa shape index (κ1) is 22.7. The third-order valence-electron chi connectivity index (χ3n) is 4.33. The number of carbonyl (C=O) groups is 2. The molecular formula is C22H27BrN2O4. The van der Waals surface area contributed by atoms with E-state index in [-0.39, 0.29) is 6.61 Å². The predicted molar refractivity (Wildman–Crippen MR) is 116 cm³/mol. The van der Waals surface area contributed by atoms with E-state index in [1.807, 2.05) is 50.2 Å². The monoisotopic (exact) mass is 462 g/mol. The molecule has 156 valence electrons. The van der Waals surface area contributed by atoms with Gasteiger partial charge in [0, 0.05) is 4.47 Å². The zero-order valence-corrected chi connectivity index (χ0v) is 18.9. The van der Waals surface area contributed by atoms with Gasteiger partial charge in [-0.2, -0.15) is 0 Å². The van der Waals surface area contributed by atoms with Gasteiger partial charge in [-0.25, -0.2) is 0 Å². The second-order valence-electron chi connectivity index (χ2n) is 7.18. The van der Waals surface area contributed by atoms with E-state index in [2.05, 4.69) is 40.6 Å². The van der Waals surface area contributed by atoms with Crippen LogP contribution in [0.15, 0.2) is 40.9 Å².